The Morgan fingerprint density at radius 2 is 0.761 bits per heavy atom. The normalized spacial score (nSPS) is 11.7. The van der Waals surface area contributed by atoms with Gasteiger partial charge in [0.15, 0.2) is 0 Å². The first-order chi connectivity index (χ1) is 35.2. The molecule has 0 bridgehead atoms. The van der Waals surface area contributed by atoms with Gasteiger partial charge in [-0.1, -0.05) is 206 Å². The number of fused-ring (bicyclic) bond motifs is 9. The van der Waals surface area contributed by atoms with E-state index in [0.29, 0.717) is 0 Å². The topological polar surface area (TPSA) is 21.3 Å². The van der Waals surface area contributed by atoms with Gasteiger partial charge in [-0.3, -0.25) is 0 Å². The smallest absolute Gasteiger partial charge is 0.143 e. The summed E-state index contributed by atoms with van der Waals surface area (Å²) in [5, 5.41) is 9.53. The van der Waals surface area contributed by atoms with Crippen LogP contribution in [0.2, 0.25) is 0 Å². The van der Waals surface area contributed by atoms with Crippen molar-refractivity contribution in [3.63, 3.8) is 0 Å². The number of nitrogens with zero attached hydrogens (tertiary/aromatic N) is 2. The maximum atomic E-state index is 6.95. The predicted molar refractivity (Wildman–Crippen MR) is 299 cm³/mol. The molecule has 71 heavy (non-hydrogen) atoms. The minimum atomic E-state index is 0.882. The first-order valence-corrected chi connectivity index (χ1v) is 24.3. The molecule has 0 radical (unpaired) electrons. The van der Waals surface area contributed by atoms with Crippen molar-refractivity contribution in [2.75, 3.05) is 4.90 Å². The van der Waals surface area contributed by atoms with Crippen molar-refractivity contribution in [1.29, 1.82) is 0 Å². The van der Waals surface area contributed by atoms with Gasteiger partial charge in [0, 0.05) is 55.1 Å². The second-order valence-electron chi connectivity index (χ2n) is 18.4. The Morgan fingerprint density at radius 1 is 0.282 bits per heavy atom. The summed E-state index contributed by atoms with van der Waals surface area (Å²) in [6, 6.07) is 96.6. The molecule has 0 aliphatic carbocycles. The second kappa shape index (κ2) is 16.7. The Bertz CT molecular complexity index is 4270. The second-order valence-corrected chi connectivity index (χ2v) is 18.4. The van der Waals surface area contributed by atoms with Gasteiger partial charge >= 0.3 is 0 Å². The third-order valence-corrected chi connectivity index (χ3v) is 14.4. The van der Waals surface area contributed by atoms with Crippen molar-refractivity contribution in [3.8, 4) is 50.2 Å². The lowest BCUT2D eigenvalue weighted by Crippen LogP contribution is -2.11. The van der Waals surface area contributed by atoms with Crippen LogP contribution in [0.3, 0.4) is 0 Å². The number of anilines is 3. The van der Waals surface area contributed by atoms with Crippen molar-refractivity contribution >= 4 is 82.4 Å². The molecule has 14 rings (SSSR count). The molecule has 2 heterocycles. The monoisotopic (exact) mass is 904 g/mol. The third-order valence-electron chi connectivity index (χ3n) is 14.4. The van der Waals surface area contributed by atoms with Gasteiger partial charge in [-0.2, -0.15) is 0 Å². The zero-order valence-corrected chi connectivity index (χ0v) is 38.7. The quantitative estimate of drug-likeness (QED) is 0.151. The fourth-order valence-electron chi connectivity index (χ4n) is 11.0. The fourth-order valence-corrected chi connectivity index (χ4v) is 11.0. The number of rotatable bonds is 8. The maximum Gasteiger partial charge on any atom is 0.143 e. The zero-order valence-electron chi connectivity index (χ0n) is 38.7. The van der Waals surface area contributed by atoms with E-state index in [4.69, 9.17) is 4.42 Å². The van der Waals surface area contributed by atoms with Crippen LogP contribution in [0.5, 0.6) is 0 Å². The summed E-state index contributed by atoms with van der Waals surface area (Å²) < 4.78 is 9.33. The average molecular weight is 905 g/mol. The van der Waals surface area contributed by atoms with E-state index in [0.717, 1.165) is 77.9 Å². The van der Waals surface area contributed by atoms with Crippen LogP contribution in [0, 0.1) is 0 Å². The van der Waals surface area contributed by atoms with Crippen molar-refractivity contribution in [3.05, 3.63) is 267 Å². The van der Waals surface area contributed by atoms with Gasteiger partial charge in [0.2, 0.25) is 0 Å². The molecule has 3 nitrogen and oxygen atoms in total. The highest BCUT2D eigenvalue weighted by molar-refractivity contribution is 6.18. The van der Waals surface area contributed by atoms with Crippen LogP contribution in [0.25, 0.3) is 115 Å². The largest absolute Gasteiger partial charge is 0.455 e. The zero-order chi connectivity index (χ0) is 46.8. The lowest BCUT2D eigenvalue weighted by Gasteiger charge is -2.28. The summed E-state index contributed by atoms with van der Waals surface area (Å²) in [5.41, 5.74) is 17.7. The Balaban J connectivity index is 0.876. The maximum absolute atomic E-state index is 6.95. The van der Waals surface area contributed by atoms with Crippen LogP contribution >= 0.6 is 0 Å². The van der Waals surface area contributed by atoms with E-state index < -0.39 is 0 Å². The number of furan rings is 1. The number of para-hydroxylation sites is 4. The van der Waals surface area contributed by atoms with Gasteiger partial charge < -0.3 is 13.9 Å². The molecule has 0 N–H and O–H groups in total. The molecular weight excluding hydrogens is 861 g/mol. The molecule has 0 saturated carbocycles. The van der Waals surface area contributed by atoms with E-state index in [1.165, 1.54) is 54.7 Å². The number of aromatic nitrogens is 1. The van der Waals surface area contributed by atoms with Crippen LogP contribution in [-0.2, 0) is 0 Å². The number of benzene rings is 12. The molecule has 12 aromatic carbocycles. The number of hydrogen-bond donors (Lipinski definition) is 0. The Hall–Kier alpha value is -9.44. The van der Waals surface area contributed by atoms with Crippen molar-refractivity contribution in [2.24, 2.45) is 0 Å². The average Bonchev–Trinajstić information content (AvgIpc) is 4.00. The van der Waals surface area contributed by atoms with Gasteiger partial charge in [-0.25, -0.2) is 0 Å². The van der Waals surface area contributed by atoms with Crippen LogP contribution in [-0.4, -0.2) is 4.57 Å². The van der Waals surface area contributed by atoms with Gasteiger partial charge in [0.05, 0.1) is 16.7 Å². The molecular formula is C68H44N2O. The van der Waals surface area contributed by atoms with Crippen LogP contribution in [0.1, 0.15) is 0 Å². The highest BCUT2D eigenvalue weighted by atomic mass is 16.3. The lowest BCUT2D eigenvalue weighted by molar-refractivity contribution is 0.674. The molecule has 0 unspecified atom stereocenters. The van der Waals surface area contributed by atoms with Crippen LogP contribution in [0.15, 0.2) is 271 Å². The molecule has 0 spiro atoms. The molecule has 14 aromatic rings. The van der Waals surface area contributed by atoms with E-state index in [-0.39, 0.29) is 0 Å². The third kappa shape index (κ3) is 6.82. The van der Waals surface area contributed by atoms with Crippen LogP contribution in [0.4, 0.5) is 17.1 Å². The fraction of sp³-hybridized carbons (Fsp3) is 0. The van der Waals surface area contributed by atoms with Crippen LogP contribution < -0.4 is 4.90 Å². The summed E-state index contributed by atoms with van der Waals surface area (Å²) in [6.45, 7) is 0. The van der Waals surface area contributed by atoms with E-state index in [2.05, 4.69) is 276 Å². The molecule has 332 valence electrons. The predicted octanol–water partition coefficient (Wildman–Crippen LogP) is 19.1. The van der Waals surface area contributed by atoms with E-state index in [1.54, 1.807) is 0 Å². The van der Waals surface area contributed by atoms with E-state index in [1.807, 2.05) is 0 Å². The summed E-state index contributed by atoms with van der Waals surface area (Å²) in [5.74, 6) is 0. The Labute approximate surface area is 411 Å². The summed E-state index contributed by atoms with van der Waals surface area (Å²) in [4.78, 5) is 2.39. The first kappa shape index (κ1) is 40.6. The molecule has 2 aromatic heterocycles. The Morgan fingerprint density at radius 3 is 1.48 bits per heavy atom. The van der Waals surface area contributed by atoms with Crippen molar-refractivity contribution < 1.29 is 4.42 Å². The minimum Gasteiger partial charge on any atom is -0.455 e. The molecule has 0 aliphatic rings. The molecule has 0 saturated heterocycles. The molecule has 0 amide bonds. The summed E-state index contributed by atoms with van der Waals surface area (Å²) in [7, 11) is 0. The number of hydrogen-bond acceptors (Lipinski definition) is 2. The summed E-state index contributed by atoms with van der Waals surface area (Å²) in [6.07, 6.45) is 0. The van der Waals surface area contributed by atoms with Crippen molar-refractivity contribution in [2.45, 2.75) is 0 Å². The van der Waals surface area contributed by atoms with Crippen molar-refractivity contribution in [1.82, 2.24) is 4.57 Å². The highest BCUT2D eigenvalue weighted by Gasteiger charge is 2.22. The molecule has 0 aliphatic heterocycles. The van der Waals surface area contributed by atoms with Gasteiger partial charge in [-0.05, 0) is 110 Å². The van der Waals surface area contributed by atoms with Gasteiger partial charge in [-0.15, -0.1) is 0 Å². The summed E-state index contributed by atoms with van der Waals surface area (Å²) >= 11 is 0. The van der Waals surface area contributed by atoms with Gasteiger partial charge in [0.25, 0.3) is 0 Å². The standard InChI is InChI=1S/C68H44N2O/c1-3-19-55-48(14-1)16-12-24-56(55)50-32-30-45(31-33-50)46-34-39-52(40-35-46)69(64-27-8-7-23-60(64)61-25-13-26-62-63-43-38-49-15-2-4-20-57(49)67(63)71-68(61)62)53-41-36-47(37-42-53)51-17-11-18-54(44-51)70-65-28-9-5-21-58(65)59-22-6-10-29-66(59)70/h1-44H. The lowest BCUT2D eigenvalue weighted by atomic mass is 9.96. The minimum absolute atomic E-state index is 0.882. The van der Waals surface area contributed by atoms with E-state index in [9.17, 15) is 0 Å². The molecule has 0 fully saturated rings. The molecule has 3 heteroatoms. The Kier molecular flexibility index (Phi) is 9.53. The molecule has 0 atom stereocenters. The SMILES string of the molecule is c1cc(-c2ccc(N(c3ccc(-c4ccc(-c5cccc6ccccc56)cc4)cc3)c3ccccc3-c3cccc4c3oc3c5ccccc5ccc43)cc2)cc(-n2c3ccccc3c3ccccc32)c1. The highest BCUT2D eigenvalue weighted by Crippen LogP contribution is 2.46. The van der Waals surface area contributed by atoms with Gasteiger partial charge in [0.1, 0.15) is 11.2 Å². The van der Waals surface area contributed by atoms with E-state index >= 15 is 0 Å². The first-order valence-electron chi connectivity index (χ1n) is 24.3.